The lowest BCUT2D eigenvalue weighted by Crippen LogP contribution is -2.42. The maximum Gasteiger partial charge on any atom is 0.309 e. The molecule has 0 saturated heterocycles. The summed E-state index contributed by atoms with van der Waals surface area (Å²) in [5.74, 6) is -2.52. The molecule has 0 aromatic heterocycles. The van der Waals surface area contributed by atoms with Crippen molar-refractivity contribution in [3.63, 3.8) is 0 Å². The highest BCUT2D eigenvalue weighted by molar-refractivity contribution is 5.67. The topological polar surface area (TPSA) is 74.2 Å². The zero-order chi connectivity index (χ0) is 15.3. The minimum Gasteiger partial charge on any atom is -0.481 e. The molecule has 6 nitrogen and oxygen atoms in total. The van der Waals surface area contributed by atoms with Gasteiger partial charge in [0.2, 0.25) is 5.79 Å². The van der Waals surface area contributed by atoms with Crippen molar-refractivity contribution in [1.82, 2.24) is 0 Å². The van der Waals surface area contributed by atoms with Crippen molar-refractivity contribution >= 4 is 5.97 Å². The third-order valence-corrected chi connectivity index (χ3v) is 1.85. The molecule has 1 N–H and O–H groups in total. The van der Waals surface area contributed by atoms with E-state index in [1.54, 1.807) is 48.5 Å². The first-order chi connectivity index (χ1) is 8.39. The molecule has 0 bridgehead atoms. The van der Waals surface area contributed by atoms with Crippen molar-refractivity contribution in [3.8, 4) is 0 Å². The predicted molar refractivity (Wildman–Crippen MR) is 69.1 cm³/mol. The molecule has 0 aliphatic carbocycles. The number of aliphatic carboxylic acids is 1. The molecular formula is C13H26O6. The number of carboxylic acids is 1. The van der Waals surface area contributed by atoms with E-state index in [1.165, 1.54) is 0 Å². The lowest BCUT2D eigenvalue weighted by atomic mass is 10.1. The summed E-state index contributed by atoms with van der Waals surface area (Å²) < 4.78 is 0. The van der Waals surface area contributed by atoms with Crippen LogP contribution < -0.4 is 0 Å². The Bertz CT molecular complexity index is 268. The first-order valence-electron chi connectivity index (χ1n) is 6.35. The SMILES string of the molecule is CCC(CC(=O)O)(OOC(C)(C)C)OOC(C)(C)C. The highest BCUT2D eigenvalue weighted by atomic mass is 17.3. The second kappa shape index (κ2) is 6.65. The summed E-state index contributed by atoms with van der Waals surface area (Å²) in [5.41, 5.74) is -1.16. The van der Waals surface area contributed by atoms with Crippen molar-refractivity contribution in [2.75, 3.05) is 0 Å². The molecule has 0 heterocycles. The predicted octanol–water partition coefficient (Wildman–Crippen LogP) is 3.06. The summed E-state index contributed by atoms with van der Waals surface area (Å²) in [6, 6.07) is 0. The summed E-state index contributed by atoms with van der Waals surface area (Å²) in [6.45, 7) is 12.5. The first kappa shape index (κ1) is 18.3. The number of hydrogen-bond donors (Lipinski definition) is 1. The highest BCUT2D eigenvalue weighted by Crippen LogP contribution is 2.28. The van der Waals surface area contributed by atoms with Crippen LogP contribution in [-0.2, 0) is 24.3 Å². The molecule has 0 aliphatic rings. The zero-order valence-electron chi connectivity index (χ0n) is 12.9. The fraction of sp³-hybridized carbons (Fsp3) is 0.923. The summed E-state index contributed by atoms with van der Waals surface area (Å²) in [6.07, 6.45) is -0.110. The highest BCUT2D eigenvalue weighted by Gasteiger charge is 2.39. The first-order valence-corrected chi connectivity index (χ1v) is 6.35. The van der Waals surface area contributed by atoms with Crippen molar-refractivity contribution in [2.24, 2.45) is 0 Å². The summed E-state index contributed by atoms with van der Waals surface area (Å²) >= 11 is 0. The Morgan fingerprint density at radius 3 is 1.47 bits per heavy atom. The lowest BCUT2D eigenvalue weighted by Gasteiger charge is -2.33. The van der Waals surface area contributed by atoms with Crippen LogP contribution in [0.1, 0.15) is 61.3 Å². The molecule has 0 amide bonds. The second-order valence-corrected chi connectivity index (χ2v) is 6.39. The molecule has 0 atom stereocenters. The van der Waals surface area contributed by atoms with E-state index in [2.05, 4.69) is 0 Å². The van der Waals surface area contributed by atoms with Gasteiger partial charge in [0.05, 0.1) is 11.2 Å². The van der Waals surface area contributed by atoms with Crippen LogP contribution >= 0.6 is 0 Å². The molecule has 0 radical (unpaired) electrons. The van der Waals surface area contributed by atoms with Gasteiger partial charge in [0, 0.05) is 6.42 Å². The van der Waals surface area contributed by atoms with Crippen molar-refractivity contribution in [1.29, 1.82) is 0 Å². The van der Waals surface area contributed by atoms with Gasteiger partial charge in [0.15, 0.2) is 0 Å². The molecule has 19 heavy (non-hydrogen) atoms. The fourth-order valence-electron chi connectivity index (χ4n) is 0.948. The fourth-order valence-corrected chi connectivity index (χ4v) is 0.948. The van der Waals surface area contributed by atoms with Crippen LogP contribution in [0.3, 0.4) is 0 Å². The summed E-state index contributed by atoms with van der Waals surface area (Å²) in [5, 5.41) is 8.97. The van der Waals surface area contributed by atoms with Gasteiger partial charge in [-0.3, -0.25) is 4.79 Å². The van der Waals surface area contributed by atoms with Crippen LogP contribution in [0.15, 0.2) is 0 Å². The van der Waals surface area contributed by atoms with Gasteiger partial charge in [-0.1, -0.05) is 6.92 Å². The van der Waals surface area contributed by atoms with Gasteiger partial charge in [-0.25, -0.2) is 9.78 Å². The van der Waals surface area contributed by atoms with Gasteiger partial charge < -0.3 is 5.11 Å². The number of carboxylic acid groups (broad SMARTS) is 1. The van der Waals surface area contributed by atoms with Gasteiger partial charge >= 0.3 is 5.97 Å². The third-order valence-electron chi connectivity index (χ3n) is 1.85. The molecule has 0 spiro atoms. The maximum absolute atomic E-state index is 11.0. The molecule has 0 aromatic rings. The van der Waals surface area contributed by atoms with E-state index in [0.29, 0.717) is 0 Å². The number of hydrogen-bond acceptors (Lipinski definition) is 5. The van der Waals surface area contributed by atoms with E-state index in [-0.39, 0.29) is 12.8 Å². The molecule has 0 unspecified atom stereocenters. The monoisotopic (exact) mass is 278 g/mol. The Labute approximate surface area is 114 Å². The molecule has 0 fully saturated rings. The average molecular weight is 278 g/mol. The van der Waals surface area contributed by atoms with E-state index < -0.39 is 23.0 Å². The van der Waals surface area contributed by atoms with Crippen molar-refractivity contribution < 1.29 is 29.5 Å². The zero-order valence-corrected chi connectivity index (χ0v) is 12.9. The minimum absolute atomic E-state index is 0.269. The Balaban J connectivity index is 4.82. The van der Waals surface area contributed by atoms with Crippen LogP contribution in [-0.4, -0.2) is 28.1 Å². The van der Waals surface area contributed by atoms with Crippen LogP contribution in [0.5, 0.6) is 0 Å². The Hall–Kier alpha value is -0.690. The van der Waals surface area contributed by atoms with Crippen LogP contribution in [0.4, 0.5) is 0 Å². The molecule has 114 valence electrons. The Morgan fingerprint density at radius 1 is 0.895 bits per heavy atom. The quantitative estimate of drug-likeness (QED) is 0.438. The summed E-state index contributed by atoms with van der Waals surface area (Å²) in [7, 11) is 0. The number of rotatable bonds is 7. The normalized spacial score (nSPS) is 13.6. The van der Waals surface area contributed by atoms with Crippen molar-refractivity contribution in [2.45, 2.75) is 78.3 Å². The van der Waals surface area contributed by atoms with Gasteiger partial charge in [-0.2, -0.15) is 9.78 Å². The largest absolute Gasteiger partial charge is 0.481 e. The van der Waals surface area contributed by atoms with E-state index in [4.69, 9.17) is 24.7 Å². The van der Waals surface area contributed by atoms with Gasteiger partial charge in [-0.15, -0.1) is 0 Å². The minimum atomic E-state index is -1.47. The van der Waals surface area contributed by atoms with E-state index in [1.807, 2.05) is 0 Å². The van der Waals surface area contributed by atoms with Crippen LogP contribution in [0, 0.1) is 0 Å². The second-order valence-electron chi connectivity index (χ2n) is 6.39. The van der Waals surface area contributed by atoms with Crippen LogP contribution in [0.2, 0.25) is 0 Å². The lowest BCUT2D eigenvalue weighted by molar-refractivity contribution is -0.540. The van der Waals surface area contributed by atoms with Crippen LogP contribution in [0.25, 0.3) is 0 Å². The van der Waals surface area contributed by atoms with E-state index in [9.17, 15) is 4.79 Å². The smallest absolute Gasteiger partial charge is 0.309 e. The van der Waals surface area contributed by atoms with E-state index in [0.717, 1.165) is 0 Å². The Morgan fingerprint density at radius 2 is 1.26 bits per heavy atom. The molecule has 6 heteroatoms. The molecule has 0 aromatic carbocycles. The maximum atomic E-state index is 11.0. The van der Waals surface area contributed by atoms with Crippen molar-refractivity contribution in [3.05, 3.63) is 0 Å². The molecule has 0 rings (SSSR count). The molecule has 0 aliphatic heterocycles. The van der Waals surface area contributed by atoms with E-state index >= 15 is 0 Å². The Kier molecular flexibility index (Phi) is 6.41. The molecule has 0 saturated carbocycles. The third kappa shape index (κ3) is 8.93. The van der Waals surface area contributed by atoms with Gasteiger partial charge in [-0.05, 0) is 41.5 Å². The number of carbonyl (C=O) groups is 1. The summed E-state index contributed by atoms with van der Waals surface area (Å²) in [4.78, 5) is 31.8. The van der Waals surface area contributed by atoms with Gasteiger partial charge in [0.1, 0.15) is 6.42 Å². The standard InChI is InChI=1S/C13H26O6/c1-8-13(9-10(14)15,18-16-11(2,3)4)19-17-12(5,6)7/h8-9H2,1-7H3,(H,14,15). The van der Waals surface area contributed by atoms with Gasteiger partial charge in [0.25, 0.3) is 0 Å². The average Bonchev–Trinajstić information content (AvgIpc) is 2.19. The molecular weight excluding hydrogens is 252 g/mol.